The first-order valence-electron chi connectivity index (χ1n) is 3.93. The van der Waals surface area contributed by atoms with Crippen molar-refractivity contribution in [1.82, 2.24) is 0 Å². The summed E-state index contributed by atoms with van der Waals surface area (Å²) >= 11 is 0. The summed E-state index contributed by atoms with van der Waals surface area (Å²) in [7, 11) is 0. The number of allylic oxidation sites excluding steroid dienone is 7. The summed E-state index contributed by atoms with van der Waals surface area (Å²) in [6.07, 6.45) is 11.9. The quantitative estimate of drug-likeness (QED) is 0.477. The van der Waals surface area contributed by atoms with Crippen LogP contribution in [-0.2, 0) is 0 Å². The minimum absolute atomic E-state index is 1.02. The van der Waals surface area contributed by atoms with Crippen LogP contribution in [0.1, 0.15) is 6.92 Å². The smallest absolute Gasteiger partial charge is 0.0421 e. The summed E-state index contributed by atoms with van der Waals surface area (Å²) in [4.78, 5) is 4.24. The van der Waals surface area contributed by atoms with E-state index in [1.165, 1.54) is 0 Å². The Morgan fingerprint density at radius 3 is 2.75 bits per heavy atom. The second kappa shape index (κ2) is 2.80. The van der Waals surface area contributed by atoms with Crippen LogP contribution < -0.4 is 0 Å². The Morgan fingerprint density at radius 1 is 1.17 bits per heavy atom. The van der Waals surface area contributed by atoms with Crippen LogP contribution >= 0.6 is 0 Å². The molecule has 0 saturated carbocycles. The van der Waals surface area contributed by atoms with E-state index in [1.807, 2.05) is 43.5 Å². The van der Waals surface area contributed by atoms with Gasteiger partial charge in [0.05, 0.1) is 0 Å². The van der Waals surface area contributed by atoms with E-state index in [1.54, 1.807) is 0 Å². The summed E-state index contributed by atoms with van der Waals surface area (Å²) < 4.78 is 0. The van der Waals surface area contributed by atoms with Crippen LogP contribution in [0.4, 0.5) is 0 Å². The fraction of sp³-hybridized carbons (Fsp3) is 0.0909. The lowest BCUT2D eigenvalue weighted by Crippen LogP contribution is -1.76. The van der Waals surface area contributed by atoms with Crippen molar-refractivity contribution in [2.75, 3.05) is 0 Å². The predicted octanol–water partition coefficient (Wildman–Crippen LogP) is 2.55. The zero-order valence-corrected chi connectivity index (χ0v) is 6.91. The van der Waals surface area contributed by atoms with E-state index in [4.69, 9.17) is 0 Å². The maximum Gasteiger partial charge on any atom is 0.0421 e. The van der Waals surface area contributed by atoms with Gasteiger partial charge in [-0.25, -0.2) is 0 Å². The van der Waals surface area contributed by atoms with Gasteiger partial charge in [-0.3, -0.25) is 4.99 Å². The van der Waals surface area contributed by atoms with Crippen LogP contribution in [0.2, 0.25) is 0 Å². The highest BCUT2D eigenvalue weighted by atomic mass is 14.7. The second-order valence-electron chi connectivity index (χ2n) is 2.80. The first kappa shape index (κ1) is 7.08. The van der Waals surface area contributed by atoms with Crippen LogP contribution in [0.15, 0.2) is 57.9 Å². The first-order chi connectivity index (χ1) is 5.84. The normalized spacial score (nSPS) is 19.2. The maximum atomic E-state index is 4.24. The molecule has 0 spiro atoms. The van der Waals surface area contributed by atoms with E-state index < -0.39 is 0 Å². The van der Waals surface area contributed by atoms with Crippen LogP contribution in [0, 0.1) is 0 Å². The van der Waals surface area contributed by atoms with Crippen molar-refractivity contribution < 1.29 is 0 Å². The molecule has 0 radical (unpaired) electrons. The molecular weight excluding hydrogens is 146 g/mol. The molecule has 0 amide bonds. The molecule has 2 aliphatic rings. The lowest BCUT2D eigenvalue weighted by molar-refractivity contribution is 1.31. The molecule has 1 heteroatoms. The van der Waals surface area contributed by atoms with Gasteiger partial charge >= 0.3 is 0 Å². The SMILES string of the molecule is CC1=CC2=C=C(C=CC=C2)C=N1. The predicted molar refractivity (Wildman–Crippen MR) is 51.1 cm³/mol. The fourth-order valence-corrected chi connectivity index (χ4v) is 1.16. The zero-order valence-electron chi connectivity index (χ0n) is 6.91. The van der Waals surface area contributed by atoms with Gasteiger partial charge in [0.25, 0.3) is 0 Å². The molecule has 1 heterocycles. The number of aliphatic imine (C=N–C) groups is 1. The highest BCUT2D eigenvalue weighted by molar-refractivity contribution is 5.84. The van der Waals surface area contributed by atoms with E-state index in [0.29, 0.717) is 0 Å². The van der Waals surface area contributed by atoms with Crippen molar-refractivity contribution in [1.29, 1.82) is 0 Å². The lowest BCUT2D eigenvalue weighted by Gasteiger charge is -1.89. The molecule has 58 valence electrons. The Bertz CT molecular complexity index is 383. The third kappa shape index (κ3) is 1.36. The maximum absolute atomic E-state index is 4.24. The van der Waals surface area contributed by atoms with E-state index >= 15 is 0 Å². The number of rotatable bonds is 0. The highest BCUT2D eigenvalue weighted by Crippen LogP contribution is 2.12. The van der Waals surface area contributed by atoms with Crippen molar-refractivity contribution in [3.05, 3.63) is 53.0 Å². The van der Waals surface area contributed by atoms with Gasteiger partial charge in [-0.05, 0) is 25.2 Å². The number of nitrogens with zero attached hydrogens (tertiary/aromatic N) is 1. The summed E-state index contributed by atoms with van der Waals surface area (Å²) in [5.41, 5.74) is 6.38. The monoisotopic (exact) mass is 155 g/mol. The third-order valence-corrected chi connectivity index (χ3v) is 1.72. The average Bonchev–Trinajstić information content (AvgIpc) is 2.35. The molecule has 2 rings (SSSR count). The molecule has 1 aliphatic carbocycles. The summed E-state index contributed by atoms with van der Waals surface area (Å²) in [5, 5.41) is 0. The molecule has 0 aromatic carbocycles. The Balaban J connectivity index is 2.56. The van der Waals surface area contributed by atoms with Crippen molar-refractivity contribution in [3.63, 3.8) is 0 Å². The van der Waals surface area contributed by atoms with Gasteiger partial charge in [-0.15, -0.1) is 5.73 Å². The molecule has 0 N–H and O–H groups in total. The largest absolute Gasteiger partial charge is 0.260 e. The summed E-state index contributed by atoms with van der Waals surface area (Å²) in [5.74, 6) is 0. The number of hydrogen-bond donors (Lipinski definition) is 0. The minimum atomic E-state index is 1.02. The molecule has 2 bridgehead atoms. The molecule has 1 aliphatic heterocycles. The van der Waals surface area contributed by atoms with Crippen molar-refractivity contribution >= 4 is 6.21 Å². The molecule has 0 atom stereocenters. The third-order valence-electron chi connectivity index (χ3n) is 1.72. The van der Waals surface area contributed by atoms with Crippen LogP contribution in [-0.4, -0.2) is 6.21 Å². The molecule has 12 heavy (non-hydrogen) atoms. The molecule has 1 nitrogen and oxygen atoms in total. The average molecular weight is 155 g/mol. The standard InChI is InChI=1S/C11H9N/c1-9-6-10-4-2-3-5-11(7-10)8-12-9/h2-6,8H,1H3. The van der Waals surface area contributed by atoms with Crippen molar-refractivity contribution in [2.24, 2.45) is 4.99 Å². The molecule has 0 aromatic rings. The van der Waals surface area contributed by atoms with Crippen LogP contribution in [0.3, 0.4) is 0 Å². The van der Waals surface area contributed by atoms with Gasteiger partial charge in [-0.2, -0.15) is 0 Å². The van der Waals surface area contributed by atoms with Crippen LogP contribution in [0.25, 0.3) is 0 Å². The van der Waals surface area contributed by atoms with Crippen molar-refractivity contribution in [3.8, 4) is 0 Å². The molecule has 0 unspecified atom stereocenters. The lowest BCUT2D eigenvalue weighted by atomic mass is 10.2. The topological polar surface area (TPSA) is 12.4 Å². The van der Waals surface area contributed by atoms with Crippen molar-refractivity contribution in [2.45, 2.75) is 6.92 Å². The number of hydrogen-bond acceptors (Lipinski definition) is 1. The van der Waals surface area contributed by atoms with Gasteiger partial charge in [-0.1, -0.05) is 12.2 Å². The summed E-state index contributed by atoms with van der Waals surface area (Å²) in [6.45, 7) is 1.99. The van der Waals surface area contributed by atoms with Gasteiger partial charge in [0.2, 0.25) is 0 Å². The minimum Gasteiger partial charge on any atom is -0.260 e. The van der Waals surface area contributed by atoms with E-state index in [2.05, 4.69) is 10.7 Å². The molecule has 0 aromatic heterocycles. The highest BCUT2D eigenvalue weighted by Gasteiger charge is 1.96. The second-order valence-corrected chi connectivity index (χ2v) is 2.80. The van der Waals surface area contributed by atoms with Crippen LogP contribution in [0.5, 0.6) is 0 Å². The molecule has 0 fully saturated rings. The molecular formula is C11H9N. The van der Waals surface area contributed by atoms with E-state index in [-0.39, 0.29) is 0 Å². The Kier molecular flexibility index (Phi) is 1.65. The van der Waals surface area contributed by atoms with E-state index in [9.17, 15) is 0 Å². The Hall–Kier alpha value is -1.59. The molecule has 0 saturated heterocycles. The fourth-order valence-electron chi connectivity index (χ4n) is 1.16. The Labute approximate surface area is 71.8 Å². The van der Waals surface area contributed by atoms with Gasteiger partial charge in [0, 0.05) is 23.1 Å². The van der Waals surface area contributed by atoms with Gasteiger partial charge < -0.3 is 0 Å². The first-order valence-corrected chi connectivity index (χ1v) is 3.93. The van der Waals surface area contributed by atoms with Gasteiger partial charge in [0.15, 0.2) is 0 Å². The van der Waals surface area contributed by atoms with Gasteiger partial charge in [0.1, 0.15) is 0 Å². The summed E-state index contributed by atoms with van der Waals surface area (Å²) in [6, 6.07) is 0. The van der Waals surface area contributed by atoms with E-state index in [0.717, 1.165) is 16.8 Å². The Morgan fingerprint density at radius 2 is 1.92 bits per heavy atom. The zero-order chi connectivity index (χ0) is 8.39.